The fraction of sp³-hybridized carbons (Fsp3) is 0.357. The molecule has 0 saturated carbocycles. The van der Waals surface area contributed by atoms with E-state index in [0.29, 0.717) is 29.0 Å². The first-order chi connectivity index (χ1) is 18.3. The lowest BCUT2D eigenvalue weighted by Gasteiger charge is -2.39. The molecule has 0 amide bonds. The lowest BCUT2D eigenvalue weighted by Crippen LogP contribution is -2.38. The Bertz CT molecular complexity index is 1420. The number of ketones is 1. The summed E-state index contributed by atoms with van der Waals surface area (Å²) in [5.74, 6) is -13.7. The molecular formula is C28H26F5NO5. The molecule has 2 aliphatic rings. The van der Waals surface area contributed by atoms with E-state index in [1.165, 1.54) is 26.4 Å². The van der Waals surface area contributed by atoms with E-state index in [1.807, 2.05) is 13.8 Å². The normalized spacial score (nSPS) is 18.5. The van der Waals surface area contributed by atoms with E-state index in [-0.39, 0.29) is 34.5 Å². The molecule has 0 fully saturated rings. The summed E-state index contributed by atoms with van der Waals surface area (Å²) in [6.07, 6.45) is 0.784. The Labute approximate surface area is 221 Å². The number of dihydropyridines is 1. The highest BCUT2D eigenvalue weighted by Gasteiger charge is 2.43. The maximum Gasteiger partial charge on any atom is 0.336 e. The molecule has 6 nitrogen and oxygen atoms in total. The third kappa shape index (κ3) is 4.97. The summed E-state index contributed by atoms with van der Waals surface area (Å²) in [6.45, 7) is 4.96. The third-order valence-corrected chi connectivity index (χ3v) is 6.82. The van der Waals surface area contributed by atoms with Crippen LogP contribution in [0.3, 0.4) is 0 Å². The predicted molar refractivity (Wildman–Crippen MR) is 129 cm³/mol. The number of hydrogen-bond acceptors (Lipinski definition) is 6. The lowest BCUT2D eigenvalue weighted by atomic mass is 9.68. The maximum absolute atomic E-state index is 14.2. The van der Waals surface area contributed by atoms with Crippen molar-refractivity contribution < 1.29 is 45.8 Å². The molecule has 2 aromatic rings. The van der Waals surface area contributed by atoms with Crippen molar-refractivity contribution in [3.05, 3.63) is 81.0 Å². The summed E-state index contributed by atoms with van der Waals surface area (Å²) < 4.78 is 84.5. The molecule has 0 spiro atoms. The van der Waals surface area contributed by atoms with Crippen molar-refractivity contribution in [1.82, 2.24) is 5.32 Å². The van der Waals surface area contributed by atoms with Gasteiger partial charge < -0.3 is 19.5 Å². The molecule has 1 atom stereocenters. The van der Waals surface area contributed by atoms with Gasteiger partial charge >= 0.3 is 5.97 Å². The zero-order valence-corrected chi connectivity index (χ0v) is 21.9. The predicted octanol–water partition coefficient (Wildman–Crippen LogP) is 5.75. The van der Waals surface area contributed by atoms with E-state index >= 15 is 0 Å². The number of carbonyl (C=O) groups is 2. The van der Waals surface area contributed by atoms with E-state index < -0.39 is 53.3 Å². The van der Waals surface area contributed by atoms with Gasteiger partial charge in [-0.15, -0.1) is 0 Å². The molecule has 39 heavy (non-hydrogen) atoms. The maximum atomic E-state index is 14.2. The molecule has 0 aromatic heterocycles. The molecule has 0 unspecified atom stereocenters. The minimum absolute atomic E-state index is 0.164. The van der Waals surface area contributed by atoms with E-state index in [4.69, 9.17) is 14.2 Å². The molecular weight excluding hydrogens is 525 g/mol. The Kier molecular flexibility index (Phi) is 7.46. The second kappa shape index (κ2) is 10.3. The molecule has 0 bridgehead atoms. The Balaban J connectivity index is 1.81. The quantitative estimate of drug-likeness (QED) is 0.214. The molecule has 1 aliphatic carbocycles. The second-order valence-electron chi connectivity index (χ2n) is 10.2. The van der Waals surface area contributed by atoms with Gasteiger partial charge in [-0.05, 0) is 36.5 Å². The number of methoxy groups -OCH3 is 2. The van der Waals surface area contributed by atoms with Crippen LogP contribution in [0.25, 0.3) is 0 Å². The summed E-state index contributed by atoms with van der Waals surface area (Å²) in [7, 11) is 2.53. The van der Waals surface area contributed by atoms with E-state index in [1.54, 1.807) is 13.0 Å². The van der Waals surface area contributed by atoms with Crippen LogP contribution in [0.2, 0.25) is 0 Å². The highest BCUT2D eigenvalue weighted by Crippen LogP contribution is 2.47. The number of hydrogen-bond donors (Lipinski definition) is 1. The first-order valence-corrected chi connectivity index (χ1v) is 11.9. The summed E-state index contributed by atoms with van der Waals surface area (Å²) in [4.78, 5) is 26.2. The minimum Gasteiger partial charge on any atom is -0.496 e. The first-order valence-electron chi connectivity index (χ1n) is 11.9. The van der Waals surface area contributed by atoms with Crippen molar-refractivity contribution in [2.45, 2.75) is 46.1 Å². The number of benzene rings is 2. The van der Waals surface area contributed by atoms with Gasteiger partial charge in [-0.3, -0.25) is 4.79 Å². The molecule has 1 aliphatic heterocycles. The highest BCUT2D eigenvalue weighted by molar-refractivity contribution is 6.04. The van der Waals surface area contributed by atoms with Gasteiger partial charge in [-0.2, -0.15) is 8.78 Å². The molecule has 2 aromatic carbocycles. The number of nitrogens with one attached hydrogen (secondary N) is 1. The van der Waals surface area contributed by atoms with Gasteiger partial charge in [0.2, 0.25) is 29.1 Å². The van der Waals surface area contributed by atoms with Crippen molar-refractivity contribution in [3.63, 3.8) is 0 Å². The zero-order valence-electron chi connectivity index (χ0n) is 21.9. The smallest absolute Gasteiger partial charge is 0.336 e. The Morgan fingerprint density at radius 3 is 2.21 bits per heavy atom. The number of halogens is 5. The number of rotatable bonds is 6. The van der Waals surface area contributed by atoms with Crippen molar-refractivity contribution in [2.75, 3.05) is 14.2 Å². The monoisotopic (exact) mass is 551 g/mol. The van der Waals surface area contributed by atoms with Crippen LogP contribution in [0.1, 0.15) is 50.7 Å². The topological polar surface area (TPSA) is 73.9 Å². The summed E-state index contributed by atoms with van der Waals surface area (Å²) in [5, 5.41) is 3.18. The largest absolute Gasteiger partial charge is 0.496 e. The van der Waals surface area contributed by atoms with Gasteiger partial charge in [0, 0.05) is 34.9 Å². The van der Waals surface area contributed by atoms with Gasteiger partial charge in [0.05, 0.1) is 19.8 Å². The lowest BCUT2D eigenvalue weighted by molar-refractivity contribution is -0.136. The van der Waals surface area contributed by atoms with Crippen LogP contribution in [0.15, 0.2) is 40.7 Å². The van der Waals surface area contributed by atoms with Crippen molar-refractivity contribution >= 4 is 11.8 Å². The SMILES string of the molecule is COC(=O)C1=C(C)NC2=C(C(=O)CC(C)(C)C2)[C@H]1c1ccc(OC)c(COc2c(F)c(F)c(F)c(F)c2F)c1. The van der Waals surface area contributed by atoms with Crippen molar-refractivity contribution in [3.8, 4) is 11.5 Å². The van der Waals surface area contributed by atoms with Crippen LogP contribution < -0.4 is 14.8 Å². The molecule has 0 saturated heterocycles. The number of ether oxygens (including phenoxy) is 3. The summed E-state index contributed by atoms with van der Waals surface area (Å²) >= 11 is 0. The number of carbonyl (C=O) groups excluding carboxylic acids is 2. The number of Topliss-reactive ketones (excluding diaryl/α,β-unsaturated/α-hetero) is 1. The third-order valence-electron chi connectivity index (χ3n) is 6.82. The molecule has 0 radical (unpaired) electrons. The van der Waals surface area contributed by atoms with Gasteiger partial charge in [-0.1, -0.05) is 19.9 Å². The van der Waals surface area contributed by atoms with Crippen LogP contribution in [0.4, 0.5) is 22.0 Å². The Morgan fingerprint density at radius 2 is 1.62 bits per heavy atom. The van der Waals surface area contributed by atoms with E-state index in [0.717, 1.165) is 0 Å². The molecule has 1 N–H and O–H groups in total. The van der Waals surface area contributed by atoms with Gasteiger partial charge in [0.25, 0.3) is 0 Å². The van der Waals surface area contributed by atoms with Crippen LogP contribution in [0.5, 0.6) is 11.5 Å². The number of esters is 1. The van der Waals surface area contributed by atoms with E-state index in [2.05, 4.69) is 5.32 Å². The second-order valence-corrected chi connectivity index (χ2v) is 10.2. The van der Waals surface area contributed by atoms with Gasteiger partial charge in [-0.25, -0.2) is 18.0 Å². The standard InChI is InChI=1S/C28H26F5NO5/c1-12-18(27(36)38-5)19(20-15(34-12)9-28(2,3)10-16(20)35)13-6-7-17(37-4)14(8-13)11-39-26-24(32)22(30)21(29)23(31)25(26)33/h6-8,19,34H,9-11H2,1-5H3/t19-/m0/s1. The van der Waals surface area contributed by atoms with Gasteiger partial charge in [0.1, 0.15) is 12.4 Å². The zero-order chi connectivity index (χ0) is 28.8. The molecule has 1 heterocycles. The number of allylic oxidation sites excluding steroid dienone is 3. The van der Waals surface area contributed by atoms with Crippen molar-refractivity contribution in [2.24, 2.45) is 5.41 Å². The average molecular weight is 552 g/mol. The van der Waals surface area contributed by atoms with Crippen LogP contribution in [0, 0.1) is 34.5 Å². The molecule has 4 rings (SSSR count). The summed E-state index contributed by atoms with van der Waals surface area (Å²) in [5.41, 5.74) is 2.04. The highest BCUT2D eigenvalue weighted by atomic mass is 19.2. The summed E-state index contributed by atoms with van der Waals surface area (Å²) in [6, 6.07) is 4.61. The molecule has 208 valence electrons. The van der Waals surface area contributed by atoms with Crippen LogP contribution >= 0.6 is 0 Å². The van der Waals surface area contributed by atoms with Crippen LogP contribution in [-0.2, 0) is 20.9 Å². The van der Waals surface area contributed by atoms with E-state index in [9.17, 15) is 31.5 Å². The fourth-order valence-corrected chi connectivity index (χ4v) is 5.10. The Hall–Kier alpha value is -3.89. The fourth-order valence-electron chi connectivity index (χ4n) is 5.10. The van der Waals surface area contributed by atoms with Gasteiger partial charge in [0.15, 0.2) is 11.5 Å². The van der Waals surface area contributed by atoms with Crippen LogP contribution in [-0.4, -0.2) is 26.0 Å². The minimum atomic E-state index is -2.30. The Morgan fingerprint density at radius 1 is 1.00 bits per heavy atom. The van der Waals surface area contributed by atoms with Crippen molar-refractivity contribution in [1.29, 1.82) is 0 Å². The average Bonchev–Trinajstić information content (AvgIpc) is 2.88. The molecule has 11 heteroatoms. The first kappa shape index (κ1) is 28.1.